The molecule has 2 aromatic carbocycles. The molecule has 2 aromatic rings. The number of hydrogen-bond donors (Lipinski definition) is 3. The van der Waals surface area contributed by atoms with E-state index in [9.17, 15) is 4.79 Å². The summed E-state index contributed by atoms with van der Waals surface area (Å²) in [5, 5.41) is 9.07. The number of benzene rings is 2. The van der Waals surface area contributed by atoms with Crippen molar-refractivity contribution in [3.05, 3.63) is 53.6 Å². The van der Waals surface area contributed by atoms with Crippen molar-refractivity contribution < 1.29 is 14.3 Å². The largest absolute Gasteiger partial charge is 0.493 e. The number of carbonyl (C=O) groups is 1. The Morgan fingerprint density at radius 1 is 1.15 bits per heavy atom. The zero-order chi connectivity index (χ0) is 19.6. The minimum Gasteiger partial charge on any atom is -0.493 e. The number of anilines is 1. The first-order valence-corrected chi connectivity index (χ1v) is 8.70. The van der Waals surface area contributed by atoms with E-state index in [1.807, 2.05) is 43.3 Å². The minimum atomic E-state index is -0.110. The monoisotopic (exact) mass is 370 g/mol. The van der Waals surface area contributed by atoms with Crippen molar-refractivity contribution >= 4 is 17.6 Å². The zero-order valence-corrected chi connectivity index (χ0v) is 16.1. The summed E-state index contributed by atoms with van der Waals surface area (Å²) in [6, 6.07) is 13.0. The average Bonchev–Trinajstić information content (AvgIpc) is 2.71. The summed E-state index contributed by atoms with van der Waals surface area (Å²) in [7, 11) is 4.92. The molecule has 0 unspecified atom stereocenters. The second-order valence-electron chi connectivity index (χ2n) is 5.63. The lowest BCUT2D eigenvalue weighted by Gasteiger charge is -2.15. The number of aliphatic imine (C=N–C) groups is 1. The third kappa shape index (κ3) is 5.64. The van der Waals surface area contributed by atoms with Crippen molar-refractivity contribution in [2.45, 2.75) is 13.5 Å². The van der Waals surface area contributed by atoms with Crippen molar-refractivity contribution in [1.82, 2.24) is 10.6 Å². The molecule has 0 aliphatic rings. The minimum absolute atomic E-state index is 0.110. The summed E-state index contributed by atoms with van der Waals surface area (Å²) in [6.07, 6.45) is 0. The van der Waals surface area contributed by atoms with Crippen molar-refractivity contribution in [3.8, 4) is 11.5 Å². The van der Waals surface area contributed by atoms with Crippen LogP contribution in [0.15, 0.2) is 47.5 Å². The number of carbonyl (C=O) groups excluding carboxylic acids is 1. The third-order valence-electron chi connectivity index (χ3n) is 3.83. The average molecular weight is 370 g/mol. The lowest BCUT2D eigenvalue weighted by Crippen LogP contribution is -2.30. The Bertz CT molecular complexity index is 806. The summed E-state index contributed by atoms with van der Waals surface area (Å²) in [5.41, 5.74) is 2.42. The molecule has 0 aromatic heterocycles. The van der Waals surface area contributed by atoms with Crippen LogP contribution in [-0.4, -0.2) is 39.7 Å². The lowest BCUT2D eigenvalue weighted by molar-refractivity contribution is 0.0963. The molecule has 0 bridgehead atoms. The predicted octanol–water partition coefficient (Wildman–Crippen LogP) is 2.64. The number of methoxy groups -OCH3 is 1. The molecule has 3 N–H and O–H groups in total. The Morgan fingerprint density at radius 3 is 2.63 bits per heavy atom. The summed E-state index contributed by atoms with van der Waals surface area (Å²) in [4.78, 5) is 16.0. The van der Waals surface area contributed by atoms with Gasteiger partial charge in [0.2, 0.25) is 0 Å². The number of nitrogens with zero attached hydrogens (tertiary/aromatic N) is 1. The fraction of sp³-hybridized carbons (Fsp3) is 0.300. The first-order valence-electron chi connectivity index (χ1n) is 8.70. The molecule has 2 rings (SSSR count). The molecule has 0 aliphatic carbocycles. The molecule has 0 saturated heterocycles. The van der Waals surface area contributed by atoms with Crippen molar-refractivity contribution in [3.63, 3.8) is 0 Å². The number of nitrogens with one attached hydrogen (secondary N) is 3. The fourth-order valence-electron chi connectivity index (χ4n) is 2.49. The van der Waals surface area contributed by atoms with Crippen LogP contribution in [0.2, 0.25) is 0 Å². The maximum Gasteiger partial charge on any atom is 0.251 e. The molecular weight excluding hydrogens is 344 g/mol. The van der Waals surface area contributed by atoms with Crippen molar-refractivity contribution in [1.29, 1.82) is 0 Å². The van der Waals surface area contributed by atoms with Gasteiger partial charge in [0, 0.05) is 38.0 Å². The van der Waals surface area contributed by atoms with Crippen LogP contribution in [0.4, 0.5) is 5.69 Å². The third-order valence-corrected chi connectivity index (χ3v) is 3.83. The molecule has 7 nitrogen and oxygen atoms in total. The summed E-state index contributed by atoms with van der Waals surface area (Å²) in [5.74, 6) is 1.84. The van der Waals surface area contributed by atoms with E-state index in [2.05, 4.69) is 20.9 Å². The van der Waals surface area contributed by atoms with Crippen LogP contribution >= 0.6 is 0 Å². The van der Waals surface area contributed by atoms with E-state index in [1.54, 1.807) is 27.3 Å². The van der Waals surface area contributed by atoms with Crippen LogP contribution in [0.3, 0.4) is 0 Å². The molecular formula is C20H26N4O3. The van der Waals surface area contributed by atoms with Gasteiger partial charge in [-0.2, -0.15) is 0 Å². The van der Waals surface area contributed by atoms with Gasteiger partial charge in [-0.1, -0.05) is 12.1 Å². The zero-order valence-electron chi connectivity index (χ0n) is 16.1. The number of hydrogen-bond acceptors (Lipinski definition) is 4. The highest BCUT2D eigenvalue weighted by atomic mass is 16.5. The van der Waals surface area contributed by atoms with Crippen molar-refractivity contribution in [2.75, 3.05) is 33.1 Å². The van der Waals surface area contributed by atoms with Crippen LogP contribution in [0.1, 0.15) is 22.8 Å². The SMILES string of the molecule is CCOc1ccc(NC(=NC)NCc2cccc(C(=O)NC)c2)cc1OC. The van der Waals surface area contributed by atoms with E-state index >= 15 is 0 Å². The van der Waals surface area contributed by atoms with Gasteiger partial charge in [-0.3, -0.25) is 9.79 Å². The van der Waals surface area contributed by atoms with Crippen molar-refractivity contribution in [2.24, 2.45) is 4.99 Å². The van der Waals surface area contributed by atoms with Gasteiger partial charge >= 0.3 is 0 Å². The first-order chi connectivity index (χ1) is 13.1. The molecule has 0 fully saturated rings. The summed E-state index contributed by atoms with van der Waals surface area (Å²) >= 11 is 0. The maximum absolute atomic E-state index is 11.7. The Kier molecular flexibility index (Phi) is 7.49. The van der Waals surface area contributed by atoms with Gasteiger partial charge in [-0.05, 0) is 36.8 Å². The maximum atomic E-state index is 11.7. The first kappa shape index (κ1) is 20.1. The van der Waals surface area contributed by atoms with Crippen LogP contribution in [0, 0.1) is 0 Å². The molecule has 27 heavy (non-hydrogen) atoms. The molecule has 0 heterocycles. The second-order valence-corrected chi connectivity index (χ2v) is 5.63. The molecule has 7 heteroatoms. The number of ether oxygens (including phenoxy) is 2. The number of amides is 1. The molecule has 1 amide bonds. The quantitative estimate of drug-likeness (QED) is 0.515. The van der Waals surface area contributed by atoms with Gasteiger partial charge in [0.1, 0.15) is 0 Å². The molecule has 0 atom stereocenters. The number of guanidine groups is 1. The number of rotatable bonds is 7. The normalized spacial score (nSPS) is 10.9. The van der Waals surface area contributed by atoms with Gasteiger partial charge in [0.25, 0.3) is 5.91 Å². The van der Waals surface area contributed by atoms with Gasteiger partial charge in [-0.25, -0.2) is 0 Å². The summed E-state index contributed by atoms with van der Waals surface area (Å²) in [6.45, 7) is 3.02. The van der Waals surface area contributed by atoms with Gasteiger partial charge < -0.3 is 25.4 Å². The predicted molar refractivity (Wildman–Crippen MR) is 108 cm³/mol. The highest BCUT2D eigenvalue weighted by Crippen LogP contribution is 2.30. The smallest absolute Gasteiger partial charge is 0.251 e. The highest BCUT2D eigenvalue weighted by Gasteiger charge is 2.08. The van der Waals surface area contributed by atoms with Gasteiger partial charge in [-0.15, -0.1) is 0 Å². The molecule has 0 saturated carbocycles. The lowest BCUT2D eigenvalue weighted by atomic mass is 10.1. The van der Waals surface area contributed by atoms with Crippen LogP contribution in [0.5, 0.6) is 11.5 Å². The topological polar surface area (TPSA) is 84.0 Å². The van der Waals surface area contributed by atoms with Gasteiger partial charge in [0.05, 0.1) is 13.7 Å². The second kappa shape index (κ2) is 10.1. The van der Waals surface area contributed by atoms with E-state index < -0.39 is 0 Å². The van der Waals surface area contributed by atoms with Crippen LogP contribution < -0.4 is 25.4 Å². The van der Waals surface area contributed by atoms with E-state index in [0.717, 1.165) is 11.3 Å². The molecule has 144 valence electrons. The Hall–Kier alpha value is -3.22. The van der Waals surface area contributed by atoms with Gasteiger partial charge in [0.15, 0.2) is 17.5 Å². The standard InChI is InChI=1S/C20H26N4O3/c1-5-27-17-10-9-16(12-18(17)26-4)24-20(22-3)23-13-14-7-6-8-15(11-14)19(25)21-2/h6-12H,5,13H2,1-4H3,(H,21,25)(H2,22,23,24). The molecule has 0 spiro atoms. The Morgan fingerprint density at radius 2 is 1.96 bits per heavy atom. The Labute approximate surface area is 159 Å². The Balaban J connectivity index is 2.03. The summed E-state index contributed by atoms with van der Waals surface area (Å²) < 4.78 is 10.9. The van der Waals surface area contributed by atoms with Crippen LogP contribution in [0.25, 0.3) is 0 Å². The molecule has 0 aliphatic heterocycles. The fourth-order valence-corrected chi connectivity index (χ4v) is 2.49. The van der Waals surface area contributed by atoms with E-state index in [-0.39, 0.29) is 5.91 Å². The van der Waals surface area contributed by atoms with E-state index in [0.29, 0.717) is 36.2 Å². The van der Waals surface area contributed by atoms with E-state index in [4.69, 9.17) is 9.47 Å². The molecule has 0 radical (unpaired) electrons. The highest BCUT2D eigenvalue weighted by molar-refractivity contribution is 5.95. The van der Waals surface area contributed by atoms with Crippen LogP contribution in [-0.2, 0) is 6.54 Å². The van der Waals surface area contributed by atoms with E-state index in [1.165, 1.54) is 0 Å².